The Balaban J connectivity index is 1.70. The van der Waals surface area contributed by atoms with Crippen LogP contribution in [0.3, 0.4) is 0 Å². The number of carbonyl (C=O) groups excluding carboxylic acids is 1. The van der Waals surface area contributed by atoms with E-state index in [0.717, 1.165) is 16.2 Å². The van der Waals surface area contributed by atoms with Gasteiger partial charge in [0, 0.05) is 17.6 Å². The fourth-order valence-electron chi connectivity index (χ4n) is 3.70. The molecule has 1 fully saturated rings. The number of fused-ring (bicyclic) bond motifs is 3. The van der Waals surface area contributed by atoms with Gasteiger partial charge in [-0.2, -0.15) is 0 Å². The monoisotopic (exact) mass is 334 g/mol. The maximum absolute atomic E-state index is 12.8. The molecule has 1 aromatic heterocycles. The van der Waals surface area contributed by atoms with Crippen molar-refractivity contribution in [1.29, 1.82) is 0 Å². The van der Waals surface area contributed by atoms with Gasteiger partial charge in [0.15, 0.2) is 0 Å². The lowest BCUT2D eigenvalue weighted by Gasteiger charge is -2.14. The van der Waals surface area contributed by atoms with E-state index in [4.69, 9.17) is 5.11 Å². The number of carboxylic acids is 1. The number of benzene rings is 2. The number of carboxylic acid groups (broad SMARTS) is 1. The van der Waals surface area contributed by atoms with Crippen LogP contribution in [0.1, 0.15) is 29.6 Å². The maximum atomic E-state index is 12.8. The molecule has 0 unspecified atom stereocenters. The first-order valence-electron chi connectivity index (χ1n) is 8.43. The molecule has 126 valence electrons. The zero-order valence-corrected chi connectivity index (χ0v) is 13.6. The van der Waals surface area contributed by atoms with Gasteiger partial charge in [-0.15, -0.1) is 0 Å². The SMILES string of the molecule is O=C(N[C@H]1CC[C@@H](C(=O)O)C1)c1cc2ccccc2c2cccnc12. The summed E-state index contributed by atoms with van der Waals surface area (Å²) >= 11 is 0. The molecule has 5 nitrogen and oxygen atoms in total. The van der Waals surface area contributed by atoms with E-state index in [1.165, 1.54) is 0 Å². The van der Waals surface area contributed by atoms with E-state index < -0.39 is 5.97 Å². The molecular weight excluding hydrogens is 316 g/mol. The molecule has 2 atom stereocenters. The molecule has 3 aromatic rings. The topological polar surface area (TPSA) is 79.3 Å². The molecule has 2 N–H and O–H groups in total. The first-order valence-corrected chi connectivity index (χ1v) is 8.43. The van der Waals surface area contributed by atoms with Crippen molar-refractivity contribution >= 4 is 33.6 Å². The van der Waals surface area contributed by atoms with Gasteiger partial charge < -0.3 is 10.4 Å². The van der Waals surface area contributed by atoms with E-state index in [0.29, 0.717) is 30.3 Å². The van der Waals surface area contributed by atoms with E-state index in [9.17, 15) is 9.59 Å². The van der Waals surface area contributed by atoms with Crippen LogP contribution in [0.25, 0.3) is 21.7 Å². The Morgan fingerprint density at radius 2 is 1.88 bits per heavy atom. The minimum absolute atomic E-state index is 0.0983. The van der Waals surface area contributed by atoms with E-state index in [2.05, 4.69) is 10.3 Å². The van der Waals surface area contributed by atoms with E-state index in [1.807, 2.05) is 42.5 Å². The summed E-state index contributed by atoms with van der Waals surface area (Å²) in [6.45, 7) is 0. The number of hydrogen-bond donors (Lipinski definition) is 2. The summed E-state index contributed by atoms with van der Waals surface area (Å²) in [7, 11) is 0. The number of rotatable bonds is 3. The van der Waals surface area contributed by atoms with Gasteiger partial charge in [0.25, 0.3) is 5.91 Å². The second kappa shape index (κ2) is 6.16. The van der Waals surface area contributed by atoms with E-state index >= 15 is 0 Å². The number of hydrogen-bond acceptors (Lipinski definition) is 3. The number of aliphatic carboxylic acids is 1. The van der Waals surface area contributed by atoms with Gasteiger partial charge in [0.1, 0.15) is 0 Å². The fourth-order valence-corrected chi connectivity index (χ4v) is 3.70. The lowest BCUT2D eigenvalue weighted by Crippen LogP contribution is -2.33. The molecule has 1 aliphatic rings. The molecule has 1 saturated carbocycles. The Labute approximate surface area is 144 Å². The molecule has 0 radical (unpaired) electrons. The molecule has 25 heavy (non-hydrogen) atoms. The summed E-state index contributed by atoms with van der Waals surface area (Å²) in [6.07, 6.45) is 3.47. The van der Waals surface area contributed by atoms with Crippen LogP contribution in [-0.4, -0.2) is 28.0 Å². The summed E-state index contributed by atoms with van der Waals surface area (Å²) in [5.74, 6) is -1.34. The summed E-state index contributed by atoms with van der Waals surface area (Å²) in [4.78, 5) is 28.4. The number of pyridine rings is 1. The second-order valence-corrected chi connectivity index (χ2v) is 6.56. The van der Waals surface area contributed by atoms with Crippen molar-refractivity contribution in [3.63, 3.8) is 0 Å². The number of aromatic nitrogens is 1. The van der Waals surface area contributed by atoms with Crippen molar-refractivity contribution in [1.82, 2.24) is 10.3 Å². The fraction of sp³-hybridized carbons (Fsp3) is 0.250. The molecule has 0 aliphatic heterocycles. The number of carbonyl (C=O) groups is 2. The van der Waals surface area contributed by atoms with Gasteiger partial charge in [-0.25, -0.2) is 0 Å². The Bertz CT molecular complexity index is 983. The predicted molar refractivity (Wildman–Crippen MR) is 95.5 cm³/mol. The molecule has 5 heteroatoms. The standard InChI is InChI=1S/C20H18N2O3/c23-19(22-14-8-7-13(10-14)20(24)25)17-11-12-4-1-2-5-15(12)16-6-3-9-21-18(16)17/h1-6,9,11,13-14H,7-8,10H2,(H,22,23)(H,24,25)/t13-,14+/m1/s1. The van der Waals surface area contributed by atoms with Crippen molar-refractivity contribution in [2.45, 2.75) is 25.3 Å². The Morgan fingerprint density at radius 3 is 2.68 bits per heavy atom. The maximum Gasteiger partial charge on any atom is 0.306 e. The normalized spacial score (nSPS) is 20.0. The van der Waals surface area contributed by atoms with Crippen molar-refractivity contribution in [2.24, 2.45) is 5.92 Å². The Hall–Kier alpha value is -2.95. The summed E-state index contributed by atoms with van der Waals surface area (Å²) in [5, 5.41) is 15.1. The zero-order chi connectivity index (χ0) is 17.4. The average Bonchev–Trinajstić information content (AvgIpc) is 3.10. The quantitative estimate of drug-likeness (QED) is 0.720. The van der Waals surface area contributed by atoms with Crippen LogP contribution in [0.5, 0.6) is 0 Å². The average molecular weight is 334 g/mol. The Morgan fingerprint density at radius 1 is 1.08 bits per heavy atom. The summed E-state index contributed by atoms with van der Waals surface area (Å²) < 4.78 is 0. The van der Waals surface area contributed by atoms with Gasteiger partial charge in [0.05, 0.1) is 17.0 Å². The highest BCUT2D eigenvalue weighted by molar-refractivity contribution is 6.15. The molecular formula is C20H18N2O3. The van der Waals surface area contributed by atoms with Gasteiger partial charge in [-0.1, -0.05) is 30.3 Å². The van der Waals surface area contributed by atoms with Gasteiger partial charge in [-0.05, 0) is 42.2 Å². The lowest BCUT2D eigenvalue weighted by atomic mass is 10.00. The van der Waals surface area contributed by atoms with Gasteiger partial charge >= 0.3 is 5.97 Å². The van der Waals surface area contributed by atoms with Crippen LogP contribution in [0, 0.1) is 5.92 Å². The van der Waals surface area contributed by atoms with Crippen LogP contribution in [0.15, 0.2) is 48.7 Å². The summed E-state index contributed by atoms with van der Waals surface area (Å²) in [6, 6.07) is 13.5. The van der Waals surface area contributed by atoms with Crippen LogP contribution < -0.4 is 5.32 Å². The molecule has 0 spiro atoms. The minimum Gasteiger partial charge on any atom is -0.481 e. The Kier molecular flexibility index (Phi) is 3.84. The first kappa shape index (κ1) is 15.6. The second-order valence-electron chi connectivity index (χ2n) is 6.56. The third-order valence-electron chi connectivity index (χ3n) is 4.98. The largest absolute Gasteiger partial charge is 0.481 e. The zero-order valence-electron chi connectivity index (χ0n) is 13.6. The molecule has 0 bridgehead atoms. The highest BCUT2D eigenvalue weighted by atomic mass is 16.4. The van der Waals surface area contributed by atoms with Crippen molar-refractivity contribution in [3.8, 4) is 0 Å². The molecule has 2 aromatic carbocycles. The van der Waals surface area contributed by atoms with E-state index in [1.54, 1.807) is 6.20 Å². The van der Waals surface area contributed by atoms with Gasteiger partial charge in [0.2, 0.25) is 0 Å². The molecule has 1 heterocycles. The third-order valence-corrected chi connectivity index (χ3v) is 4.98. The van der Waals surface area contributed by atoms with Crippen molar-refractivity contribution in [3.05, 3.63) is 54.2 Å². The number of nitrogens with one attached hydrogen (secondary N) is 1. The molecule has 1 aliphatic carbocycles. The van der Waals surface area contributed by atoms with E-state index in [-0.39, 0.29) is 17.9 Å². The number of nitrogens with zero attached hydrogens (tertiary/aromatic N) is 1. The van der Waals surface area contributed by atoms with Crippen molar-refractivity contribution < 1.29 is 14.7 Å². The number of amides is 1. The lowest BCUT2D eigenvalue weighted by molar-refractivity contribution is -0.141. The highest BCUT2D eigenvalue weighted by Crippen LogP contribution is 2.29. The first-order chi connectivity index (χ1) is 12.1. The third kappa shape index (κ3) is 2.82. The minimum atomic E-state index is -0.783. The summed E-state index contributed by atoms with van der Waals surface area (Å²) in [5.41, 5.74) is 1.21. The molecule has 1 amide bonds. The highest BCUT2D eigenvalue weighted by Gasteiger charge is 2.31. The molecule has 0 saturated heterocycles. The molecule has 4 rings (SSSR count). The van der Waals surface area contributed by atoms with Crippen LogP contribution >= 0.6 is 0 Å². The van der Waals surface area contributed by atoms with Crippen LogP contribution in [0.4, 0.5) is 0 Å². The van der Waals surface area contributed by atoms with Gasteiger partial charge in [-0.3, -0.25) is 14.6 Å². The van der Waals surface area contributed by atoms with Crippen LogP contribution in [0.2, 0.25) is 0 Å². The smallest absolute Gasteiger partial charge is 0.306 e. The van der Waals surface area contributed by atoms with Crippen LogP contribution in [-0.2, 0) is 4.79 Å². The van der Waals surface area contributed by atoms with Crippen molar-refractivity contribution in [2.75, 3.05) is 0 Å². The predicted octanol–water partition coefficient (Wildman–Crippen LogP) is 3.37.